The van der Waals surface area contributed by atoms with Crippen LogP contribution in [-0.4, -0.2) is 53.8 Å². The number of amides is 1. The highest BCUT2D eigenvalue weighted by Gasteiger charge is 2.32. The molecule has 1 fully saturated rings. The zero-order valence-electron chi connectivity index (χ0n) is 14.1. The summed E-state index contributed by atoms with van der Waals surface area (Å²) in [6, 6.07) is 3.17. The Morgan fingerprint density at radius 2 is 1.79 bits per heavy atom. The van der Waals surface area contributed by atoms with Crippen LogP contribution in [0.2, 0.25) is 0 Å². The minimum Gasteiger partial charge on any atom is -0.502 e. The van der Waals surface area contributed by atoms with Gasteiger partial charge in [0.05, 0.1) is 26.6 Å². The van der Waals surface area contributed by atoms with E-state index in [0.29, 0.717) is 18.4 Å². The predicted molar refractivity (Wildman–Crippen MR) is 86.4 cm³/mol. The molecule has 1 heterocycles. The third-order valence-corrected chi connectivity index (χ3v) is 4.45. The second-order valence-electron chi connectivity index (χ2n) is 6.03. The van der Waals surface area contributed by atoms with Gasteiger partial charge in [-0.15, -0.1) is 0 Å². The third-order valence-electron chi connectivity index (χ3n) is 4.45. The van der Waals surface area contributed by atoms with Crippen LogP contribution in [0.4, 0.5) is 0 Å². The first-order valence-corrected chi connectivity index (χ1v) is 7.83. The summed E-state index contributed by atoms with van der Waals surface area (Å²) in [6.45, 7) is 2.15. The summed E-state index contributed by atoms with van der Waals surface area (Å²) in [6.07, 6.45) is 1.34. The molecule has 2 N–H and O–H groups in total. The van der Waals surface area contributed by atoms with Crippen molar-refractivity contribution in [2.24, 2.45) is 5.92 Å². The highest BCUT2D eigenvalue weighted by atomic mass is 16.5. The number of phenolic OH excluding ortho intramolecular Hbond substituents is 1. The van der Waals surface area contributed by atoms with Crippen molar-refractivity contribution in [1.29, 1.82) is 0 Å². The van der Waals surface area contributed by atoms with E-state index in [1.54, 1.807) is 17.0 Å². The molecule has 1 aliphatic heterocycles. The van der Waals surface area contributed by atoms with Crippen molar-refractivity contribution in [3.05, 3.63) is 17.7 Å². The van der Waals surface area contributed by atoms with Gasteiger partial charge >= 0.3 is 5.97 Å². The topological polar surface area (TPSA) is 96.3 Å². The molecule has 2 atom stereocenters. The van der Waals surface area contributed by atoms with E-state index in [1.165, 1.54) is 14.2 Å². The van der Waals surface area contributed by atoms with Crippen LogP contribution in [-0.2, 0) is 16.0 Å². The molecule has 0 saturated carbocycles. The molecule has 1 aliphatic rings. The summed E-state index contributed by atoms with van der Waals surface area (Å²) in [5.41, 5.74) is 0.635. The lowest BCUT2D eigenvalue weighted by Crippen LogP contribution is -2.47. The average molecular weight is 337 g/mol. The molecule has 1 aromatic carbocycles. The maximum Gasteiger partial charge on any atom is 0.308 e. The number of carbonyl (C=O) groups excluding carboxylic acids is 1. The number of ether oxygens (including phenoxy) is 2. The summed E-state index contributed by atoms with van der Waals surface area (Å²) < 4.78 is 10.2. The summed E-state index contributed by atoms with van der Waals surface area (Å²) >= 11 is 0. The number of hydrogen-bond donors (Lipinski definition) is 2. The Morgan fingerprint density at radius 1 is 1.21 bits per heavy atom. The number of carbonyl (C=O) groups is 2. The Balaban J connectivity index is 2.17. The van der Waals surface area contributed by atoms with Crippen molar-refractivity contribution < 1.29 is 29.3 Å². The fourth-order valence-corrected chi connectivity index (χ4v) is 2.98. The number of carboxylic acids is 1. The smallest absolute Gasteiger partial charge is 0.308 e. The molecule has 0 aliphatic carbocycles. The van der Waals surface area contributed by atoms with Gasteiger partial charge in [-0.2, -0.15) is 0 Å². The minimum absolute atomic E-state index is 0.00834. The average Bonchev–Trinajstić information content (AvgIpc) is 2.56. The van der Waals surface area contributed by atoms with Crippen molar-refractivity contribution in [1.82, 2.24) is 4.90 Å². The Labute approximate surface area is 140 Å². The quantitative estimate of drug-likeness (QED) is 0.848. The van der Waals surface area contributed by atoms with Crippen LogP contribution in [0, 0.1) is 5.92 Å². The van der Waals surface area contributed by atoms with E-state index in [0.717, 1.165) is 0 Å². The van der Waals surface area contributed by atoms with Crippen LogP contribution >= 0.6 is 0 Å². The number of piperidine rings is 1. The van der Waals surface area contributed by atoms with E-state index in [-0.39, 0.29) is 42.2 Å². The highest BCUT2D eigenvalue weighted by molar-refractivity contribution is 5.81. The van der Waals surface area contributed by atoms with Crippen LogP contribution in [0.1, 0.15) is 25.3 Å². The molecule has 2 unspecified atom stereocenters. The van der Waals surface area contributed by atoms with E-state index in [4.69, 9.17) is 9.47 Å². The van der Waals surface area contributed by atoms with Gasteiger partial charge in [-0.05, 0) is 37.5 Å². The van der Waals surface area contributed by atoms with Gasteiger partial charge in [0.25, 0.3) is 0 Å². The van der Waals surface area contributed by atoms with Gasteiger partial charge in [0, 0.05) is 12.6 Å². The molecular formula is C17H23NO6. The van der Waals surface area contributed by atoms with Crippen LogP contribution in [0.5, 0.6) is 17.2 Å². The van der Waals surface area contributed by atoms with E-state index in [9.17, 15) is 19.8 Å². The van der Waals surface area contributed by atoms with Crippen LogP contribution < -0.4 is 9.47 Å². The van der Waals surface area contributed by atoms with Crippen LogP contribution in [0.25, 0.3) is 0 Å². The first kappa shape index (κ1) is 17.9. The molecule has 0 aromatic heterocycles. The molecule has 0 bridgehead atoms. The Bertz CT molecular complexity index is 605. The molecular weight excluding hydrogens is 314 g/mol. The summed E-state index contributed by atoms with van der Waals surface area (Å²) in [5.74, 6) is -1.20. The van der Waals surface area contributed by atoms with Crippen molar-refractivity contribution in [2.45, 2.75) is 32.2 Å². The van der Waals surface area contributed by atoms with Gasteiger partial charge in [0.15, 0.2) is 11.5 Å². The van der Waals surface area contributed by atoms with Crippen molar-refractivity contribution in [3.63, 3.8) is 0 Å². The predicted octanol–water partition coefficient (Wildman–Crippen LogP) is 1.66. The first-order chi connectivity index (χ1) is 11.4. The fourth-order valence-electron chi connectivity index (χ4n) is 2.98. The number of aromatic hydroxyl groups is 1. The second-order valence-corrected chi connectivity index (χ2v) is 6.03. The van der Waals surface area contributed by atoms with Crippen molar-refractivity contribution in [2.75, 3.05) is 20.8 Å². The molecule has 1 amide bonds. The molecule has 7 heteroatoms. The molecule has 7 nitrogen and oxygen atoms in total. The second kappa shape index (κ2) is 7.42. The zero-order chi connectivity index (χ0) is 17.9. The van der Waals surface area contributed by atoms with Crippen molar-refractivity contribution in [3.8, 4) is 17.2 Å². The maximum atomic E-state index is 12.6. The standard InChI is InChI=1S/C17H23NO6/c1-10-4-5-12(17(21)22)9-18(10)15(19)8-11-6-13(23-2)16(20)14(7-11)24-3/h6-7,10,12,20H,4-5,8-9H2,1-3H3,(H,21,22). The fraction of sp³-hybridized carbons (Fsp3) is 0.529. The van der Waals surface area contributed by atoms with Gasteiger partial charge in [-0.25, -0.2) is 0 Å². The Hall–Kier alpha value is -2.44. The Morgan fingerprint density at radius 3 is 2.29 bits per heavy atom. The lowest BCUT2D eigenvalue weighted by molar-refractivity contribution is -0.146. The largest absolute Gasteiger partial charge is 0.502 e. The van der Waals surface area contributed by atoms with Gasteiger partial charge in [0.2, 0.25) is 11.7 Å². The first-order valence-electron chi connectivity index (χ1n) is 7.83. The summed E-state index contributed by atoms with van der Waals surface area (Å²) in [5, 5.41) is 19.1. The molecule has 1 saturated heterocycles. The number of aliphatic carboxylic acids is 1. The molecule has 0 spiro atoms. The SMILES string of the molecule is COc1cc(CC(=O)N2CC(C(=O)O)CCC2C)cc(OC)c1O. The molecule has 0 radical (unpaired) electrons. The molecule has 1 aromatic rings. The lowest BCUT2D eigenvalue weighted by atomic mass is 9.93. The van der Waals surface area contributed by atoms with Crippen LogP contribution in [0.3, 0.4) is 0 Å². The van der Waals surface area contributed by atoms with Gasteiger partial charge in [-0.3, -0.25) is 9.59 Å². The molecule has 2 rings (SSSR count). The van der Waals surface area contributed by atoms with Gasteiger partial charge in [0.1, 0.15) is 0 Å². The third kappa shape index (κ3) is 3.72. The van der Waals surface area contributed by atoms with E-state index >= 15 is 0 Å². The van der Waals surface area contributed by atoms with Gasteiger partial charge < -0.3 is 24.6 Å². The van der Waals surface area contributed by atoms with E-state index < -0.39 is 11.9 Å². The number of methoxy groups -OCH3 is 2. The number of rotatable bonds is 5. The number of benzene rings is 1. The number of phenols is 1. The maximum absolute atomic E-state index is 12.6. The number of likely N-dealkylation sites (tertiary alicyclic amines) is 1. The van der Waals surface area contributed by atoms with Crippen molar-refractivity contribution >= 4 is 11.9 Å². The Kier molecular flexibility index (Phi) is 5.54. The number of hydrogen-bond acceptors (Lipinski definition) is 5. The lowest BCUT2D eigenvalue weighted by Gasteiger charge is -2.36. The zero-order valence-corrected chi connectivity index (χ0v) is 14.1. The van der Waals surface area contributed by atoms with E-state index in [1.807, 2.05) is 6.92 Å². The van der Waals surface area contributed by atoms with Crippen LogP contribution in [0.15, 0.2) is 12.1 Å². The number of carboxylic acid groups (broad SMARTS) is 1. The van der Waals surface area contributed by atoms with E-state index in [2.05, 4.69) is 0 Å². The van der Waals surface area contributed by atoms with Gasteiger partial charge in [-0.1, -0.05) is 0 Å². The summed E-state index contributed by atoms with van der Waals surface area (Å²) in [4.78, 5) is 25.4. The highest BCUT2D eigenvalue weighted by Crippen LogP contribution is 2.37. The monoisotopic (exact) mass is 337 g/mol. The minimum atomic E-state index is -0.868. The summed E-state index contributed by atoms with van der Waals surface area (Å²) in [7, 11) is 2.84. The molecule has 24 heavy (non-hydrogen) atoms. The normalized spacial score (nSPS) is 20.5. The number of nitrogens with zero attached hydrogens (tertiary/aromatic N) is 1. The molecule has 132 valence electrons.